The van der Waals surface area contributed by atoms with Gasteiger partial charge in [-0.25, -0.2) is 0 Å². The van der Waals surface area contributed by atoms with Crippen LogP contribution in [0.3, 0.4) is 0 Å². The van der Waals surface area contributed by atoms with Crippen molar-refractivity contribution in [2.75, 3.05) is 13.2 Å². The first kappa shape index (κ1) is 10.3. The lowest BCUT2D eigenvalue weighted by atomic mass is 10.8. The summed E-state index contributed by atoms with van der Waals surface area (Å²) in [4.78, 5) is 0. The lowest BCUT2D eigenvalue weighted by molar-refractivity contribution is 0.166. The van der Waals surface area contributed by atoms with E-state index < -0.39 is 0 Å². The minimum atomic E-state index is 0.0615. The lowest BCUT2D eigenvalue weighted by Gasteiger charge is -1.89. The molecule has 0 atom stereocenters. The topological polar surface area (TPSA) is 29.5 Å². The maximum Gasteiger partial charge on any atom is 0.110 e. The molecule has 0 aromatic carbocycles. The Bertz CT molecular complexity index is 43.8. The highest BCUT2D eigenvalue weighted by Gasteiger charge is 1.69. The molecule has 0 amide bonds. The van der Waals surface area contributed by atoms with Gasteiger partial charge in [0, 0.05) is 0 Å². The molecule has 2 heteroatoms. The van der Waals surface area contributed by atoms with E-state index in [1.165, 1.54) is 6.26 Å². The zero-order valence-corrected chi connectivity index (χ0v) is 4.97. The van der Waals surface area contributed by atoms with Gasteiger partial charge in [0.15, 0.2) is 0 Å². The predicted octanol–water partition coefficient (Wildman–Crippen LogP) is 0.941. The fraction of sp³-hybridized carbons (Fsp3) is 0.333. The van der Waals surface area contributed by atoms with Crippen molar-refractivity contribution < 1.29 is 9.84 Å². The van der Waals surface area contributed by atoms with Crippen molar-refractivity contribution in [1.82, 2.24) is 0 Å². The van der Waals surface area contributed by atoms with Crippen LogP contribution in [0.15, 0.2) is 26.0 Å². The van der Waals surface area contributed by atoms with Crippen molar-refractivity contribution in [1.29, 1.82) is 0 Å². The molecule has 0 aromatic heterocycles. The van der Waals surface area contributed by atoms with E-state index in [2.05, 4.69) is 24.5 Å². The zero-order valence-electron chi connectivity index (χ0n) is 4.97. The first-order chi connectivity index (χ1) is 3.91. The molecule has 0 saturated heterocycles. The summed E-state index contributed by atoms with van der Waals surface area (Å²) in [6.45, 7) is 9.68. The maximum absolute atomic E-state index is 8.02. The first-order valence-corrected chi connectivity index (χ1v) is 2.25. The smallest absolute Gasteiger partial charge is 0.110 e. The number of ether oxygens (including phenoxy) is 1. The summed E-state index contributed by atoms with van der Waals surface area (Å²) in [5, 5.41) is 8.02. The summed E-state index contributed by atoms with van der Waals surface area (Å²) in [5.74, 6) is 0. The van der Waals surface area contributed by atoms with Gasteiger partial charge < -0.3 is 9.84 Å². The van der Waals surface area contributed by atoms with E-state index in [9.17, 15) is 0 Å². The molecule has 0 spiro atoms. The SMILES string of the molecule is C=C.C=COCCO. The van der Waals surface area contributed by atoms with Crippen LogP contribution in [0.1, 0.15) is 0 Å². The molecule has 2 nitrogen and oxygen atoms in total. The molecule has 0 rings (SSSR count). The molecule has 48 valence electrons. The largest absolute Gasteiger partial charge is 0.499 e. The molecule has 0 fully saturated rings. The van der Waals surface area contributed by atoms with Crippen molar-refractivity contribution in [3.63, 3.8) is 0 Å². The molecule has 0 bridgehead atoms. The van der Waals surface area contributed by atoms with Crippen molar-refractivity contribution in [3.05, 3.63) is 26.0 Å². The number of hydrogen-bond donors (Lipinski definition) is 1. The molecule has 0 aromatic rings. The van der Waals surface area contributed by atoms with Crippen LogP contribution in [0.2, 0.25) is 0 Å². The Kier molecular flexibility index (Phi) is 20.9. The van der Waals surface area contributed by atoms with E-state index in [-0.39, 0.29) is 6.61 Å². The summed E-state index contributed by atoms with van der Waals surface area (Å²) in [5.41, 5.74) is 0. The molecule has 8 heavy (non-hydrogen) atoms. The van der Waals surface area contributed by atoms with Crippen molar-refractivity contribution in [3.8, 4) is 0 Å². The Morgan fingerprint density at radius 2 is 2.00 bits per heavy atom. The molecule has 0 unspecified atom stereocenters. The maximum atomic E-state index is 8.02. The Balaban J connectivity index is 0. The van der Waals surface area contributed by atoms with E-state index in [1.54, 1.807) is 0 Å². The summed E-state index contributed by atoms with van der Waals surface area (Å²) < 4.78 is 4.50. The van der Waals surface area contributed by atoms with Gasteiger partial charge in [0.05, 0.1) is 12.9 Å². The van der Waals surface area contributed by atoms with E-state index in [0.29, 0.717) is 6.61 Å². The molecule has 0 radical (unpaired) electrons. The third-order valence-corrected chi connectivity index (χ3v) is 0.327. The molecular formula is C6H12O2. The minimum absolute atomic E-state index is 0.0615. The second-order valence-corrected chi connectivity index (χ2v) is 0.761. The Morgan fingerprint density at radius 3 is 2.12 bits per heavy atom. The van der Waals surface area contributed by atoms with Gasteiger partial charge in [-0.1, -0.05) is 6.58 Å². The summed E-state index contributed by atoms with van der Waals surface area (Å²) in [7, 11) is 0. The van der Waals surface area contributed by atoms with Gasteiger partial charge in [-0.05, 0) is 0 Å². The third kappa shape index (κ3) is 18.8. The van der Waals surface area contributed by atoms with Crippen LogP contribution in [0.25, 0.3) is 0 Å². The third-order valence-electron chi connectivity index (χ3n) is 0.327. The molecule has 0 aliphatic rings. The van der Waals surface area contributed by atoms with E-state index >= 15 is 0 Å². The van der Waals surface area contributed by atoms with Gasteiger partial charge >= 0.3 is 0 Å². The second kappa shape index (κ2) is 16.3. The Morgan fingerprint density at radius 1 is 1.50 bits per heavy atom. The van der Waals surface area contributed by atoms with Gasteiger partial charge in [0.25, 0.3) is 0 Å². The average Bonchev–Trinajstić information content (AvgIpc) is 1.88. The summed E-state index contributed by atoms with van der Waals surface area (Å²) >= 11 is 0. The van der Waals surface area contributed by atoms with Crippen LogP contribution in [0, 0.1) is 0 Å². The highest BCUT2D eigenvalue weighted by molar-refractivity contribution is 4.46. The van der Waals surface area contributed by atoms with E-state index in [4.69, 9.17) is 5.11 Å². The molecule has 0 heterocycles. The number of hydrogen-bond acceptors (Lipinski definition) is 2. The van der Waals surface area contributed by atoms with Gasteiger partial charge in [0.1, 0.15) is 6.61 Å². The zero-order chi connectivity index (χ0) is 6.83. The predicted molar refractivity (Wildman–Crippen MR) is 34.5 cm³/mol. The monoisotopic (exact) mass is 116 g/mol. The fourth-order valence-corrected chi connectivity index (χ4v) is 0.136. The minimum Gasteiger partial charge on any atom is -0.499 e. The highest BCUT2D eigenvalue weighted by atomic mass is 16.5. The number of aliphatic hydroxyl groups excluding tert-OH is 1. The fourth-order valence-electron chi connectivity index (χ4n) is 0.136. The van der Waals surface area contributed by atoms with Crippen molar-refractivity contribution in [2.45, 2.75) is 0 Å². The summed E-state index contributed by atoms with van der Waals surface area (Å²) in [6.07, 6.45) is 1.30. The van der Waals surface area contributed by atoms with Crippen LogP contribution in [-0.2, 0) is 4.74 Å². The van der Waals surface area contributed by atoms with Gasteiger partial charge in [0.2, 0.25) is 0 Å². The average molecular weight is 116 g/mol. The normalized spacial score (nSPS) is 6.12. The molecule has 1 N–H and O–H groups in total. The van der Waals surface area contributed by atoms with E-state index in [1.807, 2.05) is 0 Å². The van der Waals surface area contributed by atoms with Crippen LogP contribution in [0.5, 0.6) is 0 Å². The second-order valence-electron chi connectivity index (χ2n) is 0.761. The van der Waals surface area contributed by atoms with Gasteiger partial charge in [-0.15, -0.1) is 13.2 Å². The van der Waals surface area contributed by atoms with Crippen LogP contribution >= 0.6 is 0 Å². The highest BCUT2D eigenvalue weighted by Crippen LogP contribution is 1.67. The first-order valence-electron chi connectivity index (χ1n) is 2.25. The van der Waals surface area contributed by atoms with Crippen molar-refractivity contribution >= 4 is 0 Å². The Hall–Kier alpha value is -0.760. The van der Waals surface area contributed by atoms with Crippen LogP contribution in [-0.4, -0.2) is 18.3 Å². The van der Waals surface area contributed by atoms with Crippen molar-refractivity contribution in [2.24, 2.45) is 0 Å². The van der Waals surface area contributed by atoms with Crippen LogP contribution in [0.4, 0.5) is 0 Å². The lowest BCUT2D eigenvalue weighted by Crippen LogP contribution is -1.90. The molecule has 0 saturated carbocycles. The van der Waals surface area contributed by atoms with Gasteiger partial charge in [-0.2, -0.15) is 0 Å². The van der Waals surface area contributed by atoms with Crippen LogP contribution < -0.4 is 0 Å². The molecular weight excluding hydrogens is 104 g/mol. The van der Waals surface area contributed by atoms with Gasteiger partial charge in [-0.3, -0.25) is 0 Å². The number of rotatable bonds is 3. The Labute approximate surface area is 50.1 Å². The quantitative estimate of drug-likeness (QED) is 0.338. The standard InChI is InChI=1S/C4H8O2.C2H4/c1-2-6-4-3-5;1-2/h2,5H,1,3-4H2;1-2H2. The van der Waals surface area contributed by atoms with E-state index in [0.717, 1.165) is 0 Å². The molecule has 0 aliphatic heterocycles. The number of aliphatic hydroxyl groups is 1. The summed E-state index contributed by atoms with van der Waals surface area (Å²) in [6, 6.07) is 0. The molecule has 0 aliphatic carbocycles.